The maximum absolute atomic E-state index is 13.5. The van der Waals surface area contributed by atoms with Gasteiger partial charge in [0.2, 0.25) is 11.5 Å². The number of amides is 1. The van der Waals surface area contributed by atoms with E-state index in [2.05, 4.69) is 4.98 Å². The zero-order valence-corrected chi connectivity index (χ0v) is 15.1. The van der Waals surface area contributed by atoms with Gasteiger partial charge in [0, 0.05) is 37.1 Å². The van der Waals surface area contributed by atoms with Crippen LogP contribution in [0.4, 0.5) is 13.2 Å². The molecule has 2 aromatic rings. The molecule has 0 radical (unpaired) electrons. The number of carbonyl (C=O) groups excluding carboxylic acids is 2. The monoisotopic (exact) mass is 403 g/mol. The number of pyridine rings is 1. The van der Waals surface area contributed by atoms with E-state index in [0.717, 1.165) is 4.90 Å². The molecule has 0 saturated carbocycles. The van der Waals surface area contributed by atoms with E-state index < -0.39 is 48.0 Å². The van der Waals surface area contributed by atoms with Gasteiger partial charge in [-0.2, -0.15) is 5.26 Å². The standard InChI is InChI=1S/C20H16F3N3O3/c21-13-3-1-12(2-4-13)15-7-18(28)25-10-16(15)17(27)5-6-19(29)26-11-20(22,23)8-14(26)9-24/h1-4,7,10,14H,5-6,8,11H2,(H,25,28)/t14-/m0/s1. The molecule has 3 rings (SSSR count). The van der Waals surface area contributed by atoms with Crippen LogP contribution < -0.4 is 5.56 Å². The second-order valence-electron chi connectivity index (χ2n) is 6.78. The average Bonchev–Trinajstić information content (AvgIpc) is 3.01. The smallest absolute Gasteiger partial charge is 0.268 e. The topological polar surface area (TPSA) is 94.0 Å². The Kier molecular flexibility index (Phi) is 5.55. The summed E-state index contributed by atoms with van der Waals surface area (Å²) < 4.78 is 40.1. The van der Waals surface area contributed by atoms with Crippen molar-refractivity contribution in [3.63, 3.8) is 0 Å². The van der Waals surface area contributed by atoms with Gasteiger partial charge < -0.3 is 9.88 Å². The number of nitriles is 1. The predicted molar refractivity (Wildman–Crippen MR) is 96.7 cm³/mol. The van der Waals surface area contributed by atoms with Gasteiger partial charge in [0.1, 0.15) is 11.9 Å². The van der Waals surface area contributed by atoms with Gasteiger partial charge in [-0.1, -0.05) is 12.1 Å². The minimum Gasteiger partial charge on any atom is -0.328 e. The molecule has 0 unspecified atom stereocenters. The van der Waals surface area contributed by atoms with Crippen LogP contribution in [0.1, 0.15) is 29.6 Å². The summed E-state index contributed by atoms with van der Waals surface area (Å²) in [6, 6.07) is 6.84. The number of hydrogen-bond acceptors (Lipinski definition) is 4. The first-order chi connectivity index (χ1) is 13.7. The molecule has 0 bridgehead atoms. The molecule has 1 fully saturated rings. The van der Waals surface area contributed by atoms with Gasteiger partial charge in [0.25, 0.3) is 5.92 Å². The number of ketones is 1. The highest BCUT2D eigenvalue weighted by Crippen LogP contribution is 2.32. The zero-order valence-electron chi connectivity index (χ0n) is 15.1. The van der Waals surface area contributed by atoms with Crippen molar-refractivity contribution >= 4 is 11.7 Å². The van der Waals surface area contributed by atoms with E-state index in [1.807, 2.05) is 0 Å². The zero-order chi connectivity index (χ0) is 21.2. The molecule has 9 heteroatoms. The number of aromatic nitrogens is 1. The lowest BCUT2D eigenvalue weighted by Gasteiger charge is -2.19. The predicted octanol–water partition coefficient (Wildman–Crippen LogP) is 2.90. The van der Waals surface area contributed by atoms with Gasteiger partial charge in [-0.3, -0.25) is 14.4 Å². The Hall–Kier alpha value is -3.41. The molecular weight excluding hydrogens is 387 g/mol. The number of Topliss-reactive ketones (excluding diaryl/α,β-unsaturated/α-hetero) is 1. The lowest BCUT2D eigenvalue weighted by molar-refractivity contribution is -0.132. The van der Waals surface area contributed by atoms with Gasteiger partial charge in [-0.25, -0.2) is 13.2 Å². The van der Waals surface area contributed by atoms with Gasteiger partial charge in [-0.15, -0.1) is 0 Å². The van der Waals surface area contributed by atoms with Gasteiger partial charge in [0.05, 0.1) is 12.6 Å². The number of alkyl halides is 2. The summed E-state index contributed by atoms with van der Waals surface area (Å²) in [5.41, 5.74) is 0.366. The van der Waals surface area contributed by atoms with Crippen molar-refractivity contribution in [3.05, 3.63) is 58.3 Å². The number of H-pyrrole nitrogens is 1. The van der Waals surface area contributed by atoms with E-state index in [4.69, 9.17) is 5.26 Å². The van der Waals surface area contributed by atoms with Crippen LogP contribution in [0.5, 0.6) is 0 Å². The molecule has 0 spiro atoms. The Labute approximate surface area is 163 Å². The highest BCUT2D eigenvalue weighted by Gasteiger charge is 2.47. The van der Waals surface area contributed by atoms with Gasteiger partial charge in [0.15, 0.2) is 5.78 Å². The second-order valence-corrected chi connectivity index (χ2v) is 6.78. The molecule has 1 aliphatic rings. The van der Waals surface area contributed by atoms with Gasteiger partial charge in [-0.05, 0) is 23.3 Å². The second kappa shape index (κ2) is 7.91. The van der Waals surface area contributed by atoms with E-state index in [0.29, 0.717) is 5.56 Å². The number of halogens is 3. The number of carbonyl (C=O) groups is 2. The fourth-order valence-corrected chi connectivity index (χ4v) is 3.26. The van der Waals surface area contributed by atoms with E-state index in [1.165, 1.54) is 36.5 Å². The normalized spacial score (nSPS) is 17.7. The first-order valence-electron chi connectivity index (χ1n) is 8.79. The largest absolute Gasteiger partial charge is 0.328 e. The fraction of sp³-hybridized carbons (Fsp3) is 0.300. The molecule has 29 heavy (non-hydrogen) atoms. The Morgan fingerprint density at radius 2 is 1.93 bits per heavy atom. The summed E-state index contributed by atoms with van der Waals surface area (Å²) in [7, 11) is 0. The molecule has 2 heterocycles. The SMILES string of the molecule is N#C[C@@H]1CC(F)(F)CN1C(=O)CCC(=O)c1c[nH]c(=O)cc1-c1ccc(F)cc1. The molecule has 1 N–H and O–H groups in total. The first kappa shape index (κ1) is 20.3. The third-order valence-corrected chi connectivity index (χ3v) is 4.69. The number of benzene rings is 1. The van der Waals surface area contributed by atoms with Crippen molar-refractivity contribution < 1.29 is 22.8 Å². The minimum atomic E-state index is -3.13. The van der Waals surface area contributed by atoms with Crippen molar-refractivity contribution in [2.24, 2.45) is 0 Å². The maximum Gasteiger partial charge on any atom is 0.268 e. The summed E-state index contributed by atoms with van der Waals surface area (Å²) in [5.74, 6) is -4.82. The van der Waals surface area contributed by atoms with Crippen molar-refractivity contribution in [1.82, 2.24) is 9.88 Å². The molecule has 1 saturated heterocycles. The number of hydrogen-bond donors (Lipinski definition) is 1. The van der Waals surface area contributed by atoms with Crippen LogP contribution in [0.15, 0.2) is 41.3 Å². The lowest BCUT2D eigenvalue weighted by atomic mass is 9.97. The number of nitrogens with one attached hydrogen (secondary N) is 1. The Morgan fingerprint density at radius 3 is 2.59 bits per heavy atom. The summed E-state index contributed by atoms with van der Waals surface area (Å²) >= 11 is 0. The first-order valence-corrected chi connectivity index (χ1v) is 8.79. The molecule has 1 aromatic carbocycles. The van der Waals surface area contributed by atoms with Crippen LogP contribution >= 0.6 is 0 Å². The third-order valence-electron chi connectivity index (χ3n) is 4.69. The van der Waals surface area contributed by atoms with Crippen molar-refractivity contribution in [3.8, 4) is 17.2 Å². The summed E-state index contributed by atoms with van der Waals surface area (Å²) in [4.78, 5) is 39.8. The van der Waals surface area contributed by atoms with Crippen LogP contribution in [0, 0.1) is 17.1 Å². The average molecular weight is 403 g/mol. The van der Waals surface area contributed by atoms with Crippen LogP contribution in [-0.4, -0.2) is 40.1 Å². The van der Waals surface area contributed by atoms with Crippen LogP contribution in [0.3, 0.4) is 0 Å². The molecule has 1 aliphatic heterocycles. The van der Waals surface area contributed by atoms with Crippen LogP contribution in [-0.2, 0) is 4.79 Å². The number of aromatic amines is 1. The molecule has 150 valence electrons. The molecule has 1 aromatic heterocycles. The van der Waals surface area contributed by atoms with Crippen LogP contribution in [0.2, 0.25) is 0 Å². The fourth-order valence-electron chi connectivity index (χ4n) is 3.26. The highest BCUT2D eigenvalue weighted by atomic mass is 19.3. The quantitative estimate of drug-likeness (QED) is 0.777. The molecule has 1 amide bonds. The van der Waals surface area contributed by atoms with E-state index in [1.54, 1.807) is 6.07 Å². The van der Waals surface area contributed by atoms with Crippen molar-refractivity contribution in [1.29, 1.82) is 5.26 Å². The number of likely N-dealkylation sites (tertiary alicyclic amines) is 1. The number of rotatable bonds is 5. The van der Waals surface area contributed by atoms with E-state index in [9.17, 15) is 27.6 Å². The lowest BCUT2D eigenvalue weighted by Crippen LogP contribution is -2.36. The molecular formula is C20H16F3N3O3. The van der Waals surface area contributed by atoms with Gasteiger partial charge >= 0.3 is 0 Å². The highest BCUT2D eigenvalue weighted by molar-refractivity contribution is 6.03. The molecule has 1 atom stereocenters. The minimum absolute atomic E-state index is 0.118. The van der Waals surface area contributed by atoms with Crippen LogP contribution in [0.25, 0.3) is 11.1 Å². The van der Waals surface area contributed by atoms with Crippen molar-refractivity contribution in [2.75, 3.05) is 6.54 Å². The molecule has 6 nitrogen and oxygen atoms in total. The Bertz CT molecular complexity index is 1040. The van der Waals surface area contributed by atoms with Crippen molar-refractivity contribution in [2.45, 2.75) is 31.2 Å². The van der Waals surface area contributed by atoms with E-state index in [-0.39, 0.29) is 24.0 Å². The summed E-state index contributed by atoms with van der Waals surface area (Å²) in [5, 5.41) is 8.98. The molecule has 0 aliphatic carbocycles. The Balaban J connectivity index is 1.76. The maximum atomic E-state index is 13.5. The summed E-state index contributed by atoms with van der Waals surface area (Å²) in [6.45, 7) is -0.849. The summed E-state index contributed by atoms with van der Waals surface area (Å²) in [6.07, 6.45) is -0.165. The number of nitrogens with zero attached hydrogens (tertiary/aromatic N) is 2. The third kappa shape index (κ3) is 4.54. The van der Waals surface area contributed by atoms with E-state index >= 15 is 0 Å². The Morgan fingerprint density at radius 1 is 1.24 bits per heavy atom.